The average molecular weight is 382 g/mol. The van der Waals surface area contributed by atoms with E-state index in [2.05, 4.69) is 15.2 Å². The van der Waals surface area contributed by atoms with E-state index in [0.29, 0.717) is 40.7 Å². The van der Waals surface area contributed by atoms with Gasteiger partial charge in [0.25, 0.3) is 0 Å². The van der Waals surface area contributed by atoms with Gasteiger partial charge >= 0.3 is 6.09 Å². The molecular formula is C19H15FN4O4. The fourth-order valence-corrected chi connectivity index (χ4v) is 3.35. The van der Waals surface area contributed by atoms with Crippen molar-refractivity contribution < 1.29 is 23.8 Å². The molecule has 0 bridgehead atoms. The minimum atomic E-state index is -1.31. The van der Waals surface area contributed by atoms with E-state index in [1.165, 1.54) is 37.6 Å². The van der Waals surface area contributed by atoms with Crippen molar-refractivity contribution in [2.45, 2.75) is 19.9 Å². The van der Waals surface area contributed by atoms with E-state index < -0.39 is 11.9 Å². The number of amides is 1. The molecule has 8 nitrogen and oxygen atoms in total. The van der Waals surface area contributed by atoms with E-state index in [-0.39, 0.29) is 23.7 Å². The van der Waals surface area contributed by atoms with Gasteiger partial charge in [-0.3, -0.25) is 9.69 Å². The van der Waals surface area contributed by atoms with Gasteiger partial charge in [0.05, 0.1) is 25.5 Å². The highest BCUT2D eigenvalue weighted by molar-refractivity contribution is 6.10. The molecule has 0 aliphatic carbocycles. The van der Waals surface area contributed by atoms with Gasteiger partial charge in [0, 0.05) is 40.1 Å². The third-order valence-electron chi connectivity index (χ3n) is 4.70. The third kappa shape index (κ3) is 2.90. The Balaban J connectivity index is 1.85. The van der Waals surface area contributed by atoms with Gasteiger partial charge < -0.3 is 9.84 Å². The molecule has 1 amide bonds. The maximum absolute atomic E-state index is 14.5. The van der Waals surface area contributed by atoms with E-state index in [1.807, 2.05) is 0 Å². The third-order valence-corrected chi connectivity index (χ3v) is 4.70. The Hall–Kier alpha value is -3.62. The average Bonchev–Trinajstić information content (AvgIpc) is 3.15. The Labute approximate surface area is 158 Å². The minimum Gasteiger partial charge on any atom is -0.493 e. The first-order valence-corrected chi connectivity index (χ1v) is 8.51. The number of pyridine rings is 1. The quantitative estimate of drug-likeness (QED) is 0.692. The van der Waals surface area contributed by atoms with E-state index >= 15 is 0 Å². The second-order valence-electron chi connectivity index (χ2n) is 6.34. The summed E-state index contributed by atoms with van der Waals surface area (Å²) in [5.41, 5.74) is 1.19. The molecule has 4 rings (SSSR count). The van der Waals surface area contributed by atoms with Gasteiger partial charge in [-0.05, 0) is 19.1 Å². The van der Waals surface area contributed by atoms with Gasteiger partial charge in [-0.15, -0.1) is 0 Å². The van der Waals surface area contributed by atoms with Crippen LogP contribution in [-0.2, 0) is 13.0 Å². The first-order chi connectivity index (χ1) is 13.5. The van der Waals surface area contributed by atoms with E-state index in [9.17, 15) is 19.1 Å². The Morgan fingerprint density at radius 3 is 2.68 bits per heavy atom. The number of ether oxygens (including phenoxy) is 1. The number of carbonyl (C=O) groups excluding carboxylic acids is 1. The lowest BCUT2D eigenvalue weighted by Gasteiger charge is -2.21. The molecule has 1 N–H and O–H groups in total. The molecule has 28 heavy (non-hydrogen) atoms. The first-order valence-electron chi connectivity index (χ1n) is 8.51. The van der Waals surface area contributed by atoms with Crippen LogP contribution < -0.4 is 9.64 Å². The van der Waals surface area contributed by atoms with Crippen molar-refractivity contribution in [1.29, 1.82) is 0 Å². The van der Waals surface area contributed by atoms with Gasteiger partial charge in [-0.1, -0.05) is 0 Å². The maximum Gasteiger partial charge on any atom is 0.413 e. The highest BCUT2D eigenvalue weighted by Gasteiger charge is 2.26. The molecule has 1 aromatic carbocycles. The monoisotopic (exact) mass is 382 g/mol. The van der Waals surface area contributed by atoms with Crippen molar-refractivity contribution in [2.75, 3.05) is 11.5 Å². The number of anilines is 1. The Kier molecular flexibility index (Phi) is 4.34. The molecule has 0 unspecified atom stereocenters. The summed E-state index contributed by atoms with van der Waals surface area (Å²) in [6.45, 7) is 1.55. The number of aromatic nitrogens is 3. The highest BCUT2D eigenvalue weighted by Crippen LogP contribution is 2.33. The number of carbonyl (C=O) groups is 2. The van der Waals surface area contributed by atoms with Gasteiger partial charge in [0.1, 0.15) is 17.4 Å². The minimum absolute atomic E-state index is 0.0540. The Morgan fingerprint density at radius 2 is 1.96 bits per heavy atom. The number of hydrogen-bond donors (Lipinski definition) is 1. The molecule has 0 spiro atoms. The number of ketones is 1. The summed E-state index contributed by atoms with van der Waals surface area (Å²) in [5, 5.41) is 18.1. The lowest BCUT2D eigenvalue weighted by molar-refractivity contribution is 0.101. The summed E-state index contributed by atoms with van der Waals surface area (Å²) in [6.07, 6.45) is 3.21. The zero-order chi connectivity index (χ0) is 19.8. The van der Waals surface area contributed by atoms with Crippen molar-refractivity contribution in [3.05, 3.63) is 53.2 Å². The van der Waals surface area contributed by atoms with Crippen LogP contribution in [-0.4, -0.2) is 38.8 Å². The van der Waals surface area contributed by atoms with Crippen molar-refractivity contribution in [3.8, 4) is 5.75 Å². The van der Waals surface area contributed by atoms with Crippen molar-refractivity contribution in [2.24, 2.45) is 0 Å². The van der Waals surface area contributed by atoms with Crippen LogP contribution in [0.2, 0.25) is 0 Å². The summed E-state index contributed by atoms with van der Waals surface area (Å²) < 4.78 is 20.0. The molecule has 2 aromatic heterocycles. The predicted molar refractivity (Wildman–Crippen MR) is 97.1 cm³/mol. The fraction of sp³-hybridized carbons (Fsp3) is 0.211. The normalized spacial score (nSPS) is 12.5. The topological polar surface area (TPSA) is 106 Å². The van der Waals surface area contributed by atoms with Crippen LogP contribution in [0.15, 0.2) is 30.7 Å². The molecule has 3 heterocycles. The standard InChI is InChI=1S/C19H15FN4O4/c1-10(25)12-6-21-18(14-8-23-22-7-13(12)14)24(19(26)27)9-15-11-4-5-28-17(11)3-2-16(15)20/h2-3,6-8H,4-5,9H2,1H3,(H,26,27). The van der Waals surface area contributed by atoms with Crippen molar-refractivity contribution in [3.63, 3.8) is 0 Å². The van der Waals surface area contributed by atoms with E-state index in [0.717, 1.165) is 4.90 Å². The van der Waals surface area contributed by atoms with Gasteiger partial charge in [0.2, 0.25) is 0 Å². The van der Waals surface area contributed by atoms with Gasteiger partial charge in [0.15, 0.2) is 5.78 Å². The van der Waals surface area contributed by atoms with Crippen LogP contribution in [0.4, 0.5) is 15.0 Å². The molecule has 0 saturated carbocycles. The molecule has 1 aliphatic rings. The predicted octanol–water partition coefficient (Wildman–Crippen LogP) is 2.99. The van der Waals surface area contributed by atoms with Gasteiger partial charge in [-0.2, -0.15) is 10.2 Å². The largest absolute Gasteiger partial charge is 0.493 e. The number of halogens is 1. The number of Topliss-reactive ketones (excluding diaryl/α,β-unsaturated/α-hetero) is 1. The highest BCUT2D eigenvalue weighted by atomic mass is 19.1. The molecule has 1 aliphatic heterocycles. The summed E-state index contributed by atoms with van der Waals surface area (Å²) in [7, 11) is 0. The molecule has 142 valence electrons. The SMILES string of the molecule is CC(=O)c1cnc(N(Cc2c(F)ccc3c2CCO3)C(=O)O)c2cnncc12. The number of carboxylic acid groups (broad SMARTS) is 1. The van der Waals surface area contributed by atoms with Gasteiger partial charge in [-0.25, -0.2) is 14.2 Å². The first kappa shape index (κ1) is 17.8. The lowest BCUT2D eigenvalue weighted by Crippen LogP contribution is -2.30. The molecule has 9 heteroatoms. The Bertz CT molecular complexity index is 1120. The molecule has 0 saturated heterocycles. The lowest BCUT2D eigenvalue weighted by atomic mass is 10.0. The van der Waals surface area contributed by atoms with E-state index in [4.69, 9.17) is 4.74 Å². The molecular weight excluding hydrogens is 367 g/mol. The maximum atomic E-state index is 14.5. The fourth-order valence-electron chi connectivity index (χ4n) is 3.35. The number of rotatable bonds is 4. The van der Waals surface area contributed by atoms with E-state index in [1.54, 1.807) is 0 Å². The van der Waals surface area contributed by atoms with Crippen LogP contribution in [0.1, 0.15) is 28.4 Å². The van der Waals surface area contributed by atoms with Crippen LogP contribution in [0, 0.1) is 5.82 Å². The second kappa shape index (κ2) is 6.84. The number of nitrogens with zero attached hydrogens (tertiary/aromatic N) is 4. The summed E-state index contributed by atoms with van der Waals surface area (Å²) >= 11 is 0. The molecule has 0 atom stereocenters. The van der Waals surface area contributed by atoms with Crippen LogP contribution in [0.5, 0.6) is 5.75 Å². The van der Waals surface area contributed by atoms with Crippen LogP contribution >= 0.6 is 0 Å². The smallest absolute Gasteiger partial charge is 0.413 e. The van der Waals surface area contributed by atoms with Crippen molar-refractivity contribution >= 4 is 28.5 Å². The number of fused-ring (bicyclic) bond motifs is 2. The van der Waals surface area contributed by atoms with Crippen LogP contribution in [0.25, 0.3) is 10.8 Å². The van der Waals surface area contributed by atoms with Crippen LogP contribution in [0.3, 0.4) is 0 Å². The number of hydrogen-bond acceptors (Lipinski definition) is 6. The summed E-state index contributed by atoms with van der Waals surface area (Å²) in [4.78, 5) is 29.0. The van der Waals surface area contributed by atoms with Crippen molar-refractivity contribution in [1.82, 2.24) is 15.2 Å². The zero-order valence-electron chi connectivity index (χ0n) is 14.8. The second-order valence-corrected chi connectivity index (χ2v) is 6.34. The molecule has 0 radical (unpaired) electrons. The Morgan fingerprint density at radius 1 is 1.21 bits per heavy atom. The summed E-state index contributed by atoms with van der Waals surface area (Å²) in [6, 6.07) is 2.80. The number of benzene rings is 1. The summed E-state index contributed by atoms with van der Waals surface area (Å²) in [5.74, 6) is -0.140. The zero-order valence-corrected chi connectivity index (χ0v) is 14.8. The molecule has 0 fully saturated rings. The molecule has 3 aromatic rings.